The molecule has 0 aliphatic heterocycles. The number of halogens is 2. The van der Waals surface area contributed by atoms with E-state index in [0.717, 1.165) is 18.4 Å². The van der Waals surface area contributed by atoms with Crippen LogP contribution in [0.1, 0.15) is 39.2 Å². The topological polar surface area (TPSA) is 139 Å². The van der Waals surface area contributed by atoms with Crippen LogP contribution in [0.2, 0.25) is 10.0 Å². The first kappa shape index (κ1) is 32.1. The van der Waals surface area contributed by atoms with Crippen molar-refractivity contribution in [3.63, 3.8) is 0 Å². The van der Waals surface area contributed by atoms with E-state index in [1.807, 2.05) is 13.8 Å². The molecule has 2 aromatic carbocycles. The van der Waals surface area contributed by atoms with Crippen LogP contribution in [0.5, 0.6) is 5.75 Å². The van der Waals surface area contributed by atoms with Gasteiger partial charge in [-0.15, -0.1) is 0 Å². The fourth-order valence-corrected chi connectivity index (χ4v) is 5.16. The van der Waals surface area contributed by atoms with Gasteiger partial charge in [0.05, 0.1) is 18.3 Å². The molecular formula is C25H32Cl2N4O7S. The highest BCUT2D eigenvalue weighted by Gasteiger charge is 2.34. The smallest absolute Gasteiger partial charge is 0.271 e. The van der Waals surface area contributed by atoms with Crippen molar-refractivity contribution in [2.45, 2.75) is 52.2 Å². The molecule has 0 bridgehead atoms. The second-order valence-corrected chi connectivity index (χ2v) is 11.6. The van der Waals surface area contributed by atoms with Gasteiger partial charge in [0.15, 0.2) is 0 Å². The fraction of sp³-hybridized carbons (Fsp3) is 0.440. The van der Waals surface area contributed by atoms with Gasteiger partial charge in [-0.25, -0.2) is 8.42 Å². The second kappa shape index (κ2) is 13.8. The third kappa shape index (κ3) is 8.20. The van der Waals surface area contributed by atoms with Crippen LogP contribution in [0.3, 0.4) is 0 Å². The lowest BCUT2D eigenvalue weighted by molar-refractivity contribution is -0.384. The van der Waals surface area contributed by atoms with Crippen LogP contribution in [0.15, 0.2) is 36.4 Å². The largest absolute Gasteiger partial charge is 0.495 e. The van der Waals surface area contributed by atoms with Gasteiger partial charge in [-0.3, -0.25) is 24.0 Å². The zero-order valence-electron chi connectivity index (χ0n) is 22.3. The number of ether oxygens (including phenoxy) is 1. The lowest BCUT2D eigenvalue weighted by Gasteiger charge is -2.34. The Kier molecular flexibility index (Phi) is 11.4. The molecule has 0 saturated carbocycles. The van der Waals surface area contributed by atoms with Gasteiger partial charge in [-0.05, 0) is 38.0 Å². The van der Waals surface area contributed by atoms with Crippen LogP contribution in [-0.4, -0.2) is 62.0 Å². The minimum absolute atomic E-state index is 0.000999. The van der Waals surface area contributed by atoms with Gasteiger partial charge in [0.2, 0.25) is 21.8 Å². The van der Waals surface area contributed by atoms with Gasteiger partial charge >= 0.3 is 0 Å². The van der Waals surface area contributed by atoms with Crippen LogP contribution in [0.4, 0.5) is 11.4 Å². The molecule has 39 heavy (non-hydrogen) atoms. The minimum Gasteiger partial charge on any atom is -0.495 e. The van der Waals surface area contributed by atoms with Crippen LogP contribution in [0, 0.1) is 10.1 Å². The van der Waals surface area contributed by atoms with Crippen molar-refractivity contribution in [2.75, 3.05) is 24.2 Å². The third-order valence-corrected chi connectivity index (χ3v) is 7.93. The zero-order chi connectivity index (χ0) is 29.5. The first-order chi connectivity index (χ1) is 18.2. The Morgan fingerprint density at radius 3 is 2.23 bits per heavy atom. The van der Waals surface area contributed by atoms with Crippen LogP contribution in [0.25, 0.3) is 0 Å². The van der Waals surface area contributed by atoms with Gasteiger partial charge in [0.1, 0.15) is 24.0 Å². The molecule has 11 nitrogen and oxygen atoms in total. The molecule has 0 aromatic heterocycles. The standard InChI is InChI=1S/C25H32Cl2N4O7S/c1-6-16(3)28-25(33)21(7-2)29(14-18-19(26)9-8-10-20(18)27)24(32)15-30(39(5,36)37)22-13-17(31(34)35)11-12-23(22)38-4/h8-13,16,21H,6-7,14-15H2,1-5H3,(H,28,33)/t16-,21+/m1/s1. The van der Waals surface area contributed by atoms with Crippen molar-refractivity contribution in [2.24, 2.45) is 0 Å². The van der Waals surface area contributed by atoms with Crippen LogP contribution >= 0.6 is 23.2 Å². The number of carbonyl (C=O) groups is 2. The molecule has 2 amide bonds. The number of benzene rings is 2. The van der Waals surface area contributed by atoms with E-state index in [9.17, 15) is 28.1 Å². The molecule has 0 saturated heterocycles. The van der Waals surface area contributed by atoms with E-state index >= 15 is 0 Å². The number of nitrogens with zero attached hydrogens (tertiary/aromatic N) is 3. The molecule has 0 aliphatic carbocycles. The maximum Gasteiger partial charge on any atom is 0.271 e. The quantitative estimate of drug-likeness (QED) is 0.265. The average molecular weight is 604 g/mol. The highest BCUT2D eigenvalue weighted by Crippen LogP contribution is 2.34. The molecule has 2 atom stereocenters. The molecule has 0 unspecified atom stereocenters. The van der Waals surface area contributed by atoms with Gasteiger partial charge in [-0.2, -0.15) is 0 Å². The molecule has 2 aromatic rings. The molecule has 2 rings (SSSR count). The molecule has 0 fully saturated rings. The first-order valence-electron chi connectivity index (χ1n) is 12.1. The summed E-state index contributed by atoms with van der Waals surface area (Å²) >= 11 is 12.7. The number of non-ortho nitro benzene ring substituents is 1. The van der Waals surface area contributed by atoms with Crippen molar-refractivity contribution < 1.29 is 27.7 Å². The molecular weight excluding hydrogens is 571 g/mol. The summed E-state index contributed by atoms with van der Waals surface area (Å²) in [6, 6.07) is 7.04. The maximum atomic E-state index is 13.9. The molecule has 0 heterocycles. The van der Waals surface area contributed by atoms with E-state index in [4.69, 9.17) is 27.9 Å². The summed E-state index contributed by atoms with van der Waals surface area (Å²) in [5, 5.41) is 14.8. The summed E-state index contributed by atoms with van der Waals surface area (Å²) in [7, 11) is -2.89. The lowest BCUT2D eigenvalue weighted by Crippen LogP contribution is -2.53. The number of nitrogens with one attached hydrogen (secondary N) is 1. The summed E-state index contributed by atoms with van der Waals surface area (Å²) in [6.45, 7) is 4.47. The average Bonchev–Trinajstić information content (AvgIpc) is 2.87. The van der Waals surface area contributed by atoms with Crippen LogP contribution in [-0.2, 0) is 26.2 Å². The van der Waals surface area contributed by atoms with E-state index in [1.54, 1.807) is 25.1 Å². The van der Waals surface area contributed by atoms with E-state index in [1.165, 1.54) is 18.1 Å². The number of carbonyl (C=O) groups excluding carboxylic acids is 2. The summed E-state index contributed by atoms with van der Waals surface area (Å²) in [5.74, 6) is -1.18. The van der Waals surface area contributed by atoms with E-state index in [2.05, 4.69) is 5.32 Å². The van der Waals surface area contributed by atoms with E-state index < -0.39 is 45.0 Å². The first-order valence-corrected chi connectivity index (χ1v) is 14.7. The molecule has 0 radical (unpaired) electrons. The fourth-order valence-electron chi connectivity index (χ4n) is 3.80. The number of amides is 2. The number of rotatable bonds is 13. The molecule has 14 heteroatoms. The molecule has 214 valence electrons. The van der Waals surface area contributed by atoms with Crippen molar-refractivity contribution >= 4 is 56.4 Å². The van der Waals surface area contributed by atoms with Gasteiger partial charge in [0.25, 0.3) is 5.69 Å². The SMILES string of the molecule is CC[C@@H](C)NC(=O)[C@H](CC)N(Cc1c(Cl)cccc1Cl)C(=O)CN(c1cc([N+](=O)[O-])ccc1OC)S(C)(=O)=O. The molecule has 0 aliphatic rings. The van der Waals surface area contributed by atoms with Gasteiger partial charge in [-0.1, -0.05) is 43.1 Å². The summed E-state index contributed by atoms with van der Waals surface area (Å²) < 4.78 is 31.7. The van der Waals surface area contributed by atoms with Crippen molar-refractivity contribution in [3.8, 4) is 5.75 Å². The van der Waals surface area contributed by atoms with E-state index in [-0.39, 0.29) is 40.5 Å². The predicted octanol–water partition coefficient (Wildman–Crippen LogP) is 4.40. The Labute approximate surface area is 238 Å². The number of hydrogen-bond donors (Lipinski definition) is 1. The lowest BCUT2D eigenvalue weighted by atomic mass is 10.1. The number of anilines is 1. The number of sulfonamides is 1. The monoisotopic (exact) mass is 602 g/mol. The Hall–Kier alpha value is -3.09. The summed E-state index contributed by atoms with van der Waals surface area (Å²) in [5.41, 5.74) is -0.218. The number of nitro groups is 1. The molecule has 0 spiro atoms. The van der Waals surface area contributed by atoms with Gasteiger partial charge < -0.3 is 15.0 Å². The van der Waals surface area contributed by atoms with Crippen molar-refractivity contribution in [1.29, 1.82) is 0 Å². The Balaban J connectivity index is 2.62. The summed E-state index contributed by atoms with van der Waals surface area (Å²) in [6.07, 6.45) is 1.72. The van der Waals surface area contributed by atoms with Crippen molar-refractivity contribution in [3.05, 3.63) is 62.1 Å². The Morgan fingerprint density at radius 1 is 1.13 bits per heavy atom. The van der Waals surface area contributed by atoms with Crippen LogP contribution < -0.4 is 14.4 Å². The second-order valence-electron chi connectivity index (χ2n) is 8.85. The Morgan fingerprint density at radius 2 is 1.74 bits per heavy atom. The zero-order valence-corrected chi connectivity index (χ0v) is 24.6. The summed E-state index contributed by atoms with van der Waals surface area (Å²) in [4.78, 5) is 39.0. The minimum atomic E-state index is -4.16. The normalized spacial score (nSPS) is 12.8. The highest BCUT2D eigenvalue weighted by molar-refractivity contribution is 7.92. The third-order valence-electron chi connectivity index (χ3n) is 6.10. The van der Waals surface area contributed by atoms with Crippen molar-refractivity contribution in [1.82, 2.24) is 10.2 Å². The number of hydrogen-bond acceptors (Lipinski definition) is 7. The molecule has 1 N–H and O–H groups in total. The highest BCUT2D eigenvalue weighted by atomic mass is 35.5. The number of nitro benzene ring substituents is 1. The van der Waals surface area contributed by atoms with E-state index in [0.29, 0.717) is 16.3 Å². The number of methoxy groups -OCH3 is 1. The van der Waals surface area contributed by atoms with Gasteiger partial charge in [0, 0.05) is 40.3 Å². The predicted molar refractivity (Wildman–Crippen MR) is 151 cm³/mol. The Bertz CT molecular complexity index is 1300. The maximum absolute atomic E-state index is 13.9.